The second-order valence-electron chi connectivity index (χ2n) is 10.5. The maximum Gasteiger partial charge on any atom is 0.272 e. The van der Waals surface area contributed by atoms with E-state index < -0.39 is 0 Å². The topological polar surface area (TPSA) is 63.0 Å². The van der Waals surface area contributed by atoms with Crippen molar-refractivity contribution in [2.75, 3.05) is 40.3 Å². The monoisotopic (exact) mass is 505 g/mol. The molecule has 0 atom stereocenters. The van der Waals surface area contributed by atoms with Crippen molar-refractivity contribution in [3.05, 3.63) is 53.9 Å². The maximum absolute atomic E-state index is 13.6. The third kappa shape index (κ3) is 7.65. The molecule has 7 heteroatoms. The number of hydrogen-bond donors (Lipinski definition) is 0. The molecule has 0 aliphatic heterocycles. The van der Waals surface area contributed by atoms with Crippen LogP contribution in [0.1, 0.15) is 63.5 Å². The number of aromatic nitrogens is 3. The number of benzene rings is 1. The second kappa shape index (κ2) is 13.4. The van der Waals surface area contributed by atoms with Crippen LogP contribution in [0.5, 0.6) is 5.75 Å². The van der Waals surface area contributed by atoms with Gasteiger partial charge in [0.2, 0.25) is 0 Å². The molecule has 0 bridgehead atoms. The van der Waals surface area contributed by atoms with Crippen LogP contribution in [-0.2, 0) is 0 Å². The molecule has 1 amide bonds. The van der Waals surface area contributed by atoms with Crippen LogP contribution in [0.4, 0.5) is 0 Å². The zero-order valence-electron chi connectivity index (χ0n) is 23.6. The van der Waals surface area contributed by atoms with Crippen LogP contribution >= 0.6 is 0 Å². The molecule has 0 aliphatic rings. The Morgan fingerprint density at radius 2 is 1.70 bits per heavy atom. The highest BCUT2D eigenvalue weighted by molar-refractivity contribution is 5.93. The fraction of sp³-hybridized carbons (Fsp3) is 0.500. The van der Waals surface area contributed by atoms with E-state index in [1.807, 2.05) is 35.4 Å². The van der Waals surface area contributed by atoms with Crippen LogP contribution < -0.4 is 4.74 Å². The summed E-state index contributed by atoms with van der Waals surface area (Å²) in [5.74, 6) is 1.84. The van der Waals surface area contributed by atoms with Crippen molar-refractivity contribution >= 4 is 17.6 Å². The summed E-state index contributed by atoms with van der Waals surface area (Å²) in [4.78, 5) is 22.7. The Morgan fingerprint density at radius 1 is 1.05 bits per heavy atom. The molecule has 3 aromatic rings. The SMILES string of the molecule is CCN(C)CC=Cc1c(-c2ccc(OC)cc2)nn2ccc(C(=O)N(CCC(C)C)CCC(C)C)nc12. The van der Waals surface area contributed by atoms with Crippen LogP contribution in [-0.4, -0.2) is 70.6 Å². The summed E-state index contributed by atoms with van der Waals surface area (Å²) in [6, 6.07) is 9.66. The van der Waals surface area contributed by atoms with Gasteiger partial charge in [-0.25, -0.2) is 9.50 Å². The summed E-state index contributed by atoms with van der Waals surface area (Å²) in [5, 5.41) is 4.84. The molecule has 0 saturated carbocycles. The molecule has 0 unspecified atom stereocenters. The fourth-order valence-corrected chi connectivity index (χ4v) is 3.97. The lowest BCUT2D eigenvalue weighted by atomic mass is 10.1. The van der Waals surface area contributed by atoms with Gasteiger partial charge in [-0.05, 0) is 68.6 Å². The van der Waals surface area contributed by atoms with Gasteiger partial charge in [0.1, 0.15) is 17.1 Å². The highest BCUT2D eigenvalue weighted by atomic mass is 16.5. The van der Waals surface area contributed by atoms with Gasteiger partial charge in [-0.1, -0.05) is 46.8 Å². The van der Waals surface area contributed by atoms with E-state index in [0.29, 0.717) is 23.2 Å². The number of rotatable bonds is 13. The molecule has 200 valence electrons. The minimum Gasteiger partial charge on any atom is -0.497 e. The molecule has 0 fully saturated rings. The van der Waals surface area contributed by atoms with Gasteiger partial charge in [-0.15, -0.1) is 0 Å². The van der Waals surface area contributed by atoms with Crippen molar-refractivity contribution in [3.8, 4) is 17.0 Å². The molecule has 2 heterocycles. The van der Waals surface area contributed by atoms with E-state index >= 15 is 0 Å². The number of carbonyl (C=O) groups is 1. The number of likely N-dealkylation sites (N-methyl/N-ethyl adjacent to an activating group) is 1. The lowest BCUT2D eigenvalue weighted by molar-refractivity contribution is 0.0735. The van der Waals surface area contributed by atoms with Crippen LogP contribution in [0.3, 0.4) is 0 Å². The van der Waals surface area contributed by atoms with Gasteiger partial charge >= 0.3 is 0 Å². The Hall–Kier alpha value is -3.19. The molecule has 1 aromatic carbocycles. The van der Waals surface area contributed by atoms with Crippen LogP contribution in [0, 0.1) is 11.8 Å². The second-order valence-corrected chi connectivity index (χ2v) is 10.5. The Kier molecular flexibility index (Phi) is 10.3. The lowest BCUT2D eigenvalue weighted by Gasteiger charge is -2.24. The summed E-state index contributed by atoms with van der Waals surface area (Å²) in [7, 11) is 3.75. The molecule has 37 heavy (non-hydrogen) atoms. The Balaban J connectivity index is 2.03. The van der Waals surface area contributed by atoms with E-state index in [0.717, 1.165) is 61.6 Å². The molecular weight excluding hydrogens is 462 g/mol. The minimum atomic E-state index is -0.0170. The van der Waals surface area contributed by atoms with Crippen LogP contribution in [0.2, 0.25) is 0 Å². The van der Waals surface area contributed by atoms with Gasteiger partial charge in [-0.2, -0.15) is 5.10 Å². The highest BCUT2D eigenvalue weighted by Gasteiger charge is 2.21. The molecule has 2 aromatic heterocycles. The first kappa shape index (κ1) is 28.4. The van der Waals surface area contributed by atoms with Gasteiger partial charge in [0.05, 0.1) is 7.11 Å². The predicted octanol–water partition coefficient (Wildman–Crippen LogP) is 5.90. The zero-order valence-corrected chi connectivity index (χ0v) is 23.6. The molecular formula is C30H43N5O2. The van der Waals surface area contributed by atoms with E-state index in [1.165, 1.54) is 0 Å². The van der Waals surface area contributed by atoms with Crippen molar-refractivity contribution in [3.63, 3.8) is 0 Å². The largest absolute Gasteiger partial charge is 0.497 e. The third-order valence-corrected chi connectivity index (χ3v) is 6.58. The van der Waals surface area contributed by atoms with Crippen molar-refractivity contribution in [1.82, 2.24) is 24.4 Å². The fourth-order valence-electron chi connectivity index (χ4n) is 3.97. The molecule has 3 rings (SSSR count). The summed E-state index contributed by atoms with van der Waals surface area (Å²) < 4.78 is 7.10. The minimum absolute atomic E-state index is 0.0170. The Bertz CT molecular complexity index is 1170. The number of fused-ring (bicyclic) bond motifs is 1. The van der Waals surface area contributed by atoms with Crippen molar-refractivity contribution in [2.45, 2.75) is 47.5 Å². The van der Waals surface area contributed by atoms with E-state index in [2.05, 4.69) is 58.7 Å². The lowest BCUT2D eigenvalue weighted by Crippen LogP contribution is -2.34. The van der Waals surface area contributed by atoms with Crippen LogP contribution in [0.25, 0.3) is 23.0 Å². The normalized spacial score (nSPS) is 11.9. The number of methoxy groups -OCH3 is 1. The molecule has 0 spiro atoms. The molecule has 0 aliphatic carbocycles. The van der Waals surface area contributed by atoms with Gasteiger partial charge < -0.3 is 14.5 Å². The average molecular weight is 506 g/mol. The Morgan fingerprint density at radius 3 is 2.27 bits per heavy atom. The number of hydrogen-bond acceptors (Lipinski definition) is 5. The average Bonchev–Trinajstić information content (AvgIpc) is 3.25. The number of amides is 1. The van der Waals surface area contributed by atoms with E-state index in [-0.39, 0.29) is 5.91 Å². The first-order chi connectivity index (χ1) is 17.7. The van der Waals surface area contributed by atoms with Crippen molar-refractivity contribution in [2.24, 2.45) is 11.8 Å². The highest BCUT2D eigenvalue weighted by Crippen LogP contribution is 2.28. The predicted molar refractivity (Wildman–Crippen MR) is 152 cm³/mol. The smallest absolute Gasteiger partial charge is 0.272 e. The van der Waals surface area contributed by atoms with Crippen LogP contribution in [0.15, 0.2) is 42.6 Å². The van der Waals surface area contributed by atoms with Gasteiger partial charge in [0.15, 0.2) is 5.65 Å². The zero-order chi connectivity index (χ0) is 26.9. The van der Waals surface area contributed by atoms with E-state index in [9.17, 15) is 4.79 Å². The van der Waals surface area contributed by atoms with E-state index in [1.54, 1.807) is 17.7 Å². The quantitative estimate of drug-likeness (QED) is 0.289. The van der Waals surface area contributed by atoms with Gasteiger partial charge in [0, 0.05) is 37.0 Å². The molecule has 0 saturated heterocycles. The van der Waals surface area contributed by atoms with Gasteiger partial charge in [0.25, 0.3) is 5.91 Å². The number of nitrogens with zero attached hydrogens (tertiary/aromatic N) is 5. The number of carbonyl (C=O) groups excluding carboxylic acids is 1. The summed E-state index contributed by atoms with van der Waals surface area (Å²) in [6.45, 7) is 14.2. The van der Waals surface area contributed by atoms with E-state index in [4.69, 9.17) is 14.8 Å². The Labute approximate surface area is 222 Å². The first-order valence-corrected chi connectivity index (χ1v) is 13.4. The molecule has 0 radical (unpaired) electrons. The summed E-state index contributed by atoms with van der Waals surface area (Å²) >= 11 is 0. The maximum atomic E-state index is 13.6. The number of ether oxygens (including phenoxy) is 1. The van der Waals surface area contributed by atoms with Gasteiger partial charge in [-0.3, -0.25) is 4.79 Å². The van der Waals surface area contributed by atoms with Crippen molar-refractivity contribution in [1.29, 1.82) is 0 Å². The third-order valence-electron chi connectivity index (χ3n) is 6.58. The molecule has 7 nitrogen and oxygen atoms in total. The molecule has 0 N–H and O–H groups in total. The van der Waals surface area contributed by atoms with Crippen molar-refractivity contribution < 1.29 is 9.53 Å². The standard InChI is InChI=1S/C30H43N5O2/c1-8-33(6)18-9-10-26-28(24-11-13-25(37-7)14-12-24)32-35-21-17-27(31-29(26)35)30(36)34(19-15-22(2)3)20-16-23(4)5/h9-14,17,21-23H,8,15-16,18-20H2,1-7H3. The first-order valence-electron chi connectivity index (χ1n) is 13.4. The summed E-state index contributed by atoms with van der Waals surface area (Å²) in [5.41, 5.74) is 3.84. The summed E-state index contributed by atoms with van der Waals surface area (Å²) in [6.07, 6.45) is 7.99.